The lowest BCUT2D eigenvalue weighted by atomic mass is 10.1. The van der Waals surface area contributed by atoms with E-state index in [4.69, 9.17) is 16.3 Å². The molecule has 2 aromatic carbocycles. The van der Waals surface area contributed by atoms with Crippen molar-refractivity contribution in [3.05, 3.63) is 64.0 Å². The van der Waals surface area contributed by atoms with E-state index in [1.54, 1.807) is 7.11 Å². The summed E-state index contributed by atoms with van der Waals surface area (Å²) in [6.45, 7) is 0.295. The Kier molecular flexibility index (Phi) is 7.31. The lowest BCUT2D eigenvalue weighted by molar-refractivity contribution is -0.120. The van der Waals surface area contributed by atoms with Crippen LogP contribution in [0.15, 0.2) is 48.5 Å². The van der Waals surface area contributed by atoms with Crippen LogP contribution in [0.4, 0.5) is 0 Å². The average Bonchev–Trinajstić information content (AvgIpc) is 3.09. The Balaban J connectivity index is 1.56. The maximum Gasteiger partial charge on any atom is 0.263 e. The van der Waals surface area contributed by atoms with Crippen LogP contribution in [-0.4, -0.2) is 51.0 Å². The van der Waals surface area contributed by atoms with E-state index < -0.39 is 0 Å². The summed E-state index contributed by atoms with van der Waals surface area (Å²) in [5.41, 5.74) is 1.06. The monoisotopic (exact) mass is 445 g/mol. The van der Waals surface area contributed by atoms with Gasteiger partial charge in [0.1, 0.15) is 10.6 Å². The van der Waals surface area contributed by atoms with Crippen molar-refractivity contribution in [3.8, 4) is 5.75 Å². The summed E-state index contributed by atoms with van der Waals surface area (Å²) < 4.78 is 6.13. The van der Waals surface area contributed by atoms with E-state index in [0.29, 0.717) is 16.4 Å². The SMILES string of the molecule is COc1ccc([C@H](CNC(=O)CNC(=O)c2sc3ccccc3c2Cl)N(C)C)cc1. The van der Waals surface area contributed by atoms with Gasteiger partial charge in [0.05, 0.1) is 24.7 Å². The van der Waals surface area contributed by atoms with Crippen LogP contribution in [0, 0.1) is 0 Å². The first-order chi connectivity index (χ1) is 14.4. The van der Waals surface area contributed by atoms with Crippen molar-refractivity contribution < 1.29 is 14.3 Å². The maximum atomic E-state index is 12.5. The summed E-state index contributed by atoms with van der Waals surface area (Å²) in [5.74, 6) is 0.166. The lowest BCUT2D eigenvalue weighted by Gasteiger charge is -2.25. The summed E-state index contributed by atoms with van der Waals surface area (Å²) in [5, 5.41) is 6.79. The van der Waals surface area contributed by atoms with Gasteiger partial charge < -0.3 is 20.3 Å². The largest absolute Gasteiger partial charge is 0.497 e. The molecule has 0 bridgehead atoms. The van der Waals surface area contributed by atoms with Crippen LogP contribution < -0.4 is 15.4 Å². The van der Waals surface area contributed by atoms with Crippen LogP contribution in [-0.2, 0) is 4.79 Å². The van der Waals surface area contributed by atoms with Gasteiger partial charge in [-0.1, -0.05) is 41.9 Å². The lowest BCUT2D eigenvalue weighted by Crippen LogP contribution is -2.40. The Morgan fingerprint density at radius 1 is 1.10 bits per heavy atom. The summed E-state index contributed by atoms with van der Waals surface area (Å²) >= 11 is 7.64. The van der Waals surface area contributed by atoms with Gasteiger partial charge in [-0.05, 0) is 37.9 Å². The quantitative estimate of drug-likeness (QED) is 0.554. The van der Waals surface area contributed by atoms with E-state index in [9.17, 15) is 9.59 Å². The van der Waals surface area contributed by atoms with Crippen LogP contribution in [0.3, 0.4) is 0 Å². The van der Waals surface area contributed by atoms with Gasteiger partial charge in [-0.25, -0.2) is 0 Å². The van der Waals surface area contributed by atoms with Crippen molar-refractivity contribution in [3.63, 3.8) is 0 Å². The van der Waals surface area contributed by atoms with Gasteiger partial charge in [0.2, 0.25) is 5.91 Å². The topological polar surface area (TPSA) is 70.7 Å². The summed E-state index contributed by atoms with van der Waals surface area (Å²) in [6.07, 6.45) is 0. The van der Waals surface area contributed by atoms with Crippen molar-refractivity contribution in [2.45, 2.75) is 6.04 Å². The first-order valence-electron chi connectivity index (χ1n) is 9.43. The Labute approximate surface area is 184 Å². The highest BCUT2D eigenvalue weighted by molar-refractivity contribution is 7.21. The summed E-state index contributed by atoms with van der Waals surface area (Å²) in [4.78, 5) is 27.2. The van der Waals surface area contributed by atoms with Crippen LogP contribution in [0.5, 0.6) is 5.75 Å². The van der Waals surface area contributed by atoms with Crippen molar-refractivity contribution in [2.75, 3.05) is 34.3 Å². The number of hydrogen-bond acceptors (Lipinski definition) is 5. The molecule has 0 aliphatic heterocycles. The predicted molar refractivity (Wildman–Crippen MR) is 122 cm³/mol. The number of carbonyl (C=O) groups excluding carboxylic acids is 2. The Bertz CT molecular complexity index is 1030. The highest BCUT2D eigenvalue weighted by Gasteiger charge is 2.19. The molecule has 1 aromatic heterocycles. The van der Waals surface area contributed by atoms with Crippen molar-refractivity contribution in [2.24, 2.45) is 0 Å². The molecule has 1 atom stereocenters. The number of benzene rings is 2. The highest BCUT2D eigenvalue weighted by Crippen LogP contribution is 2.34. The van der Waals surface area contributed by atoms with E-state index in [1.807, 2.05) is 67.5 Å². The molecular formula is C22H24ClN3O3S. The number of amides is 2. The number of nitrogens with zero attached hydrogens (tertiary/aromatic N) is 1. The van der Waals surface area contributed by atoms with E-state index in [1.165, 1.54) is 11.3 Å². The fourth-order valence-electron chi connectivity index (χ4n) is 3.10. The molecule has 2 N–H and O–H groups in total. The van der Waals surface area contributed by atoms with Crippen LogP contribution >= 0.6 is 22.9 Å². The minimum atomic E-state index is -0.351. The predicted octanol–water partition coefficient (Wildman–Crippen LogP) is 3.71. The fourth-order valence-corrected chi connectivity index (χ4v) is 4.53. The number of thiophene rings is 1. The second-order valence-electron chi connectivity index (χ2n) is 6.98. The molecule has 0 radical (unpaired) electrons. The van der Waals surface area contributed by atoms with Gasteiger partial charge in [0.25, 0.3) is 5.91 Å². The minimum Gasteiger partial charge on any atom is -0.497 e. The van der Waals surface area contributed by atoms with E-state index >= 15 is 0 Å². The Morgan fingerprint density at radius 3 is 2.43 bits per heavy atom. The summed E-state index contributed by atoms with van der Waals surface area (Å²) in [6, 6.07) is 15.3. The van der Waals surface area contributed by atoms with E-state index in [2.05, 4.69) is 10.6 Å². The molecule has 30 heavy (non-hydrogen) atoms. The number of hydrogen-bond donors (Lipinski definition) is 2. The molecule has 0 aliphatic carbocycles. The molecule has 0 saturated heterocycles. The molecule has 3 rings (SSSR count). The van der Waals surface area contributed by atoms with Crippen molar-refractivity contribution >= 4 is 44.8 Å². The molecule has 0 unspecified atom stereocenters. The van der Waals surface area contributed by atoms with Crippen molar-refractivity contribution in [1.82, 2.24) is 15.5 Å². The second kappa shape index (κ2) is 9.93. The van der Waals surface area contributed by atoms with Gasteiger partial charge in [-0.2, -0.15) is 0 Å². The molecule has 158 valence electrons. The number of ether oxygens (including phenoxy) is 1. The Hall–Kier alpha value is -2.61. The third-order valence-electron chi connectivity index (χ3n) is 4.77. The van der Waals surface area contributed by atoms with Crippen LogP contribution in [0.1, 0.15) is 21.3 Å². The number of likely N-dealkylation sites (N-methyl/N-ethyl adjacent to an activating group) is 1. The maximum absolute atomic E-state index is 12.5. The number of carbonyl (C=O) groups is 2. The number of halogens is 1. The molecule has 1 heterocycles. The number of methoxy groups -OCH3 is 1. The minimum absolute atomic E-state index is 0.00685. The van der Waals surface area contributed by atoms with Gasteiger partial charge in [0, 0.05) is 16.6 Å². The first kappa shape index (κ1) is 22.1. The van der Waals surface area contributed by atoms with Gasteiger partial charge >= 0.3 is 0 Å². The normalized spacial score (nSPS) is 12.0. The van der Waals surface area contributed by atoms with Crippen LogP contribution in [0.2, 0.25) is 5.02 Å². The standard InChI is InChI=1S/C22H24ClN3O3S/c1-26(2)17(14-8-10-15(29-3)11-9-14)12-24-19(27)13-25-22(28)21-20(23)16-6-4-5-7-18(16)30-21/h4-11,17H,12-13H2,1-3H3,(H,24,27)(H,25,28)/t17-/m0/s1. The number of fused-ring (bicyclic) bond motifs is 1. The molecule has 0 spiro atoms. The zero-order valence-corrected chi connectivity index (χ0v) is 18.6. The third kappa shape index (κ3) is 5.11. The second-order valence-corrected chi connectivity index (χ2v) is 8.41. The third-order valence-corrected chi connectivity index (χ3v) is 6.44. The zero-order valence-electron chi connectivity index (χ0n) is 17.1. The molecule has 0 fully saturated rings. The summed E-state index contributed by atoms with van der Waals surface area (Å²) in [7, 11) is 5.53. The molecule has 6 nitrogen and oxygen atoms in total. The molecular weight excluding hydrogens is 422 g/mol. The van der Waals surface area contributed by atoms with E-state index in [-0.39, 0.29) is 24.4 Å². The smallest absolute Gasteiger partial charge is 0.263 e. The highest BCUT2D eigenvalue weighted by atomic mass is 35.5. The first-order valence-corrected chi connectivity index (χ1v) is 10.6. The van der Waals surface area contributed by atoms with E-state index in [0.717, 1.165) is 21.4 Å². The van der Waals surface area contributed by atoms with Gasteiger partial charge in [0.15, 0.2) is 0 Å². The zero-order chi connectivity index (χ0) is 21.7. The molecule has 3 aromatic rings. The molecule has 0 saturated carbocycles. The molecule has 0 aliphatic rings. The Morgan fingerprint density at radius 2 is 1.80 bits per heavy atom. The molecule has 8 heteroatoms. The van der Waals surface area contributed by atoms with Crippen LogP contribution in [0.25, 0.3) is 10.1 Å². The van der Waals surface area contributed by atoms with Crippen molar-refractivity contribution in [1.29, 1.82) is 0 Å². The molecule has 2 amide bonds. The van der Waals surface area contributed by atoms with Gasteiger partial charge in [-0.3, -0.25) is 9.59 Å². The number of rotatable bonds is 8. The number of nitrogens with one attached hydrogen (secondary N) is 2. The average molecular weight is 446 g/mol. The van der Waals surface area contributed by atoms with Gasteiger partial charge in [-0.15, -0.1) is 11.3 Å². The fraction of sp³-hybridized carbons (Fsp3) is 0.273.